The van der Waals surface area contributed by atoms with Gasteiger partial charge in [-0.05, 0) is 45.0 Å². The van der Waals surface area contributed by atoms with Crippen molar-refractivity contribution < 1.29 is 4.42 Å². The first-order chi connectivity index (χ1) is 7.94. The highest BCUT2D eigenvalue weighted by Gasteiger charge is 2.25. The van der Waals surface area contributed by atoms with E-state index in [0.29, 0.717) is 10.9 Å². The molecule has 0 amide bonds. The summed E-state index contributed by atoms with van der Waals surface area (Å²) in [5.74, 6) is 0.694. The molecule has 0 radical (unpaired) electrons. The average Bonchev–Trinajstić information content (AvgIpc) is 2.62. The number of nitrogens with one attached hydrogen (secondary N) is 1. The third kappa shape index (κ3) is 2.31. The number of oxazole rings is 1. The molecular formula is C13H17ClN2O. The zero-order valence-corrected chi connectivity index (χ0v) is 11.4. The number of hydrogen-bond acceptors (Lipinski definition) is 3. The van der Waals surface area contributed by atoms with Gasteiger partial charge in [-0.25, -0.2) is 4.98 Å². The second kappa shape index (κ2) is 4.31. The smallest absolute Gasteiger partial charge is 0.215 e. The van der Waals surface area contributed by atoms with Gasteiger partial charge in [-0.2, -0.15) is 0 Å². The van der Waals surface area contributed by atoms with E-state index in [0.717, 1.165) is 23.2 Å². The molecule has 0 aliphatic carbocycles. The van der Waals surface area contributed by atoms with Gasteiger partial charge < -0.3 is 9.73 Å². The molecular weight excluding hydrogens is 236 g/mol. The van der Waals surface area contributed by atoms with Gasteiger partial charge in [-0.3, -0.25) is 0 Å². The van der Waals surface area contributed by atoms with Crippen LogP contribution in [0.4, 0.5) is 0 Å². The normalized spacial score (nSPS) is 12.3. The van der Waals surface area contributed by atoms with Crippen molar-refractivity contribution >= 4 is 22.7 Å². The molecule has 0 unspecified atom stereocenters. The van der Waals surface area contributed by atoms with Gasteiger partial charge >= 0.3 is 0 Å². The number of benzene rings is 1. The first-order valence-corrected chi connectivity index (χ1v) is 6.14. The lowest BCUT2D eigenvalue weighted by Crippen LogP contribution is -2.36. The number of aromatic nitrogens is 1. The van der Waals surface area contributed by atoms with Crippen molar-refractivity contribution in [1.82, 2.24) is 10.3 Å². The Labute approximate surface area is 106 Å². The lowest BCUT2D eigenvalue weighted by Gasteiger charge is -2.21. The Morgan fingerprint density at radius 1 is 1.41 bits per heavy atom. The molecule has 2 aromatic rings. The third-order valence-corrected chi connectivity index (χ3v) is 3.01. The minimum Gasteiger partial charge on any atom is -0.438 e. The standard InChI is InChI=1S/C13H17ClN2O/c1-5-15-13(3,4)12-16-10-7-9(14)6-8(2)11(10)17-12/h6-7,15H,5H2,1-4H3. The van der Waals surface area contributed by atoms with Crippen LogP contribution < -0.4 is 5.32 Å². The van der Waals surface area contributed by atoms with Gasteiger partial charge in [-0.15, -0.1) is 0 Å². The number of aryl methyl sites for hydroxylation is 1. The summed E-state index contributed by atoms with van der Waals surface area (Å²) in [5.41, 5.74) is 2.37. The van der Waals surface area contributed by atoms with E-state index in [1.807, 2.05) is 19.1 Å². The Bertz CT molecular complexity index is 546. The predicted molar refractivity (Wildman–Crippen MR) is 70.5 cm³/mol. The molecule has 0 atom stereocenters. The van der Waals surface area contributed by atoms with Crippen LogP contribution in [0.2, 0.25) is 5.02 Å². The second-order valence-electron chi connectivity index (χ2n) is 4.75. The fraction of sp³-hybridized carbons (Fsp3) is 0.462. The second-order valence-corrected chi connectivity index (χ2v) is 5.18. The maximum absolute atomic E-state index is 6.01. The van der Waals surface area contributed by atoms with Crippen molar-refractivity contribution in [3.8, 4) is 0 Å². The topological polar surface area (TPSA) is 38.1 Å². The molecule has 0 spiro atoms. The minimum absolute atomic E-state index is 0.271. The molecule has 1 aromatic heterocycles. The van der Waals surface area contributed by atoms with Gasteiger partial charge in [0, 0.05) is 5.02 Å². The zero-order chi connectivity index (χ0) is 12.6. The van der Waals surface area contributed by atoms with Crippen molar-refractivity contribution in [1.29, 1.82) is 0 Å². The van der Waals surface area contributed by atoms with Gasteiger partial charge in [-0.1, -0.05) is 18.5 Å². The summed E-state index contributed by atoms with van der Waals surface area (Å²) >= 11 is 6.01. The zero-order valence-electron chi connectivity index (χ0n) is 10.6. The van der Waals surface area contributed by atoms with Crippen molar-refractivity contribution in [3.05, 3.63) is 28.6 Å². The Morgan fingerprint density at radius 2 is 2.12 bits per heavy atom. The maximum Gasteiger partial charge on any atom is 0.215 e. The van der Waals surface area contributed by atoms with Crippen LogP contribution in [0.15, 0.2) is 16.5 Å². The molecule has 0 aliphatic heterocycles. The van der Waals surface area contributed by atoms with Gasteiger partial charge in [0.2, 0.25) is 5.89 Å². The molecule has 0 saturated carbocycles. The van der Waals surface area contributed by atoms with Crippen LogP contribution in [0.5, 0.6) is 0 Å². The maximum atomic E-state index is 6.01. The molecule has 17 heavy (non-hydrogen) atoms. The van der Waals surface area contributed by atoms with E-state index in [1.165, 1.54) is 0 Å². The molecule has 92 valence electrons. The number of halogens is 1. The van der Waals surface area contributed by atoms with Crippen LogP contribution in [0.25, 0.3) is 11.1 Å². The van der Waals surface area contributed by atoms with E-state index in [-0.39, 0.29) is 5.54 Å². The van der Waals surface area contributed by atoms with Gasteiger partial charge in [0.05, 0.1) is 5.54 Å². The molecule has 0 fully saturated rings. The molecule has 1 heterocycles. The highest BCUT2D eigenvalue weighted by Crippen LogP contribution is 2.28. The van der Waals surface area contributed by atoms with E-state index in [2.05, 4.69) is 31.1 Å². The summed E-state index contributed by atoms with van der Waals surface area (Å²) in [6, 6.07) is 3.72. The third-order valence-electron chi connectivity index (χ3n) is 2.79. The largest absolute Gasteiger partial charge is 0.438 e. The van der Waals surface area contributed by atoms with Crippen molar-refractivity contribution in [2.75, 3.05) is 6.54 Å². The van der Waals surface area contributed by atoms with E-state index in [4.69, 9.17) is 16.0 Å². The molecule has 0 bridgehead atoms. The van der Waals surface area contributed by atoms with Crippen LogP contribution in [0.1, 0.15) is 32.2 Å². The summed E-state index contributed by atoms with van der Waals surface area (Å²) in [6.45, 7) is 9.01. The molecule has 1 N–H and O–H groups in total. The van der Waals surface area contributed by atoms with E-state index in [9.17, 15) is 0 Å². The molecule has 4 heteroatoms. The molecule has 1 aromatic carbocycles. The van der Waals surface area contributed by atoms with Gasteiger partial charge in [0.15, 0.2) is 5.58 Å². The predicted octanol–water partition coefficient (Wildman–Crippen LogP) is 3.63. The highest BCUT2D eigenvalue weighted by molar-refractivity contribution is 6.31. The van der Waals surface area contributed by atoms with E-state index < -0.39 is 0 Å². The minimum atomic E-state index is -0.271. The molecule has 3 nitrogen and oxygen atoms in total. The highest BCUT2D eigenvalue weighted by atomic mass is 35.5. The molecule has 0 saturated heterocycles. The summed E-state index contributed by atoms with van der Waals surface area (Å²) in [5, 5.41) is 4.03. The fourth-order valence-corrected chi connectivity index (χ4v) is 2.21. The SMILES string of the molecule is CCNC(C)(C)c1nc2cc(Cl)cc(C)c2o1. The number of nitrogens with zero attached hydrogens (tertiary/aromatic N) is 1. The number of fused-ring (bicyclic) bond motifs is 1. The van der Waals surface area contributed by atoms with Crippen LogP contribution in [-0.2, 0) is 5.54 Å². The summed E-state index contributed by atoms with van der Waals surface area (Å²) in [7, 11) is 0. The van der Waals surface area contributed by atoms with Crippen molar-refractivity contribution in [2.24, 2.45) is 0 Å². The Morgan fingerprint density at radius 3 is 2.76 bits per heavy atom. The lowest BCUT2D eigenvalue weighted by molar-refractivity contribution is 0.322. The van der Waals surface area contributed by atoms with E-state index >= 15 is 0 Å². The average molecular weight is 253 g/mol. The Balaban J connectivity index is 2.55. The van der Waals surface area contributed by atoms with Crippen molar-refractivity contribution in [3.63, 3.8) is 0 Å². The molecule has 2 rings (SSSR count). The van der Waals surface area contributed by atoms with Crippen LogP contribution in [-0.4, -0.2) is 11.5 Å². The van der Waals surface area contributed by atoms with Gasteiger partial charge in [0.1, 0.15) is 5.52 Å². The Kier molecular flexibility index (Phi) is 3.15. The summed E-state index contributed by atoms with van der Waals surface area (Å²) in [4.78, 5) is 4.51. The lowest BCUT2D eigenvalue weighted by atomic mass is 10.1. The van der Waals surface area contributed by atoms with Crippen LogP contribution in [0.3, 0.4) is 0 Å². The van der Waals surface area contributed by atoms with Crippen LogP contribution >= 0.6 is 11.6 Å². The van der Waals surface area contributed by atoms with E-state index in [1.54, 1.807) is 0 Å². The first-order valence-electron chi connectivity index (χ1n) is 5.76. The number of rotatable bonds is 3. The number of hydrogen-bond donors (Lipinski definition) is 1. The summed E-state index contributed by atoms with van der Waals surface area (Å²) in [6.07, 6.45) is 0. The monoisotopic (exact) mass is 252 g/mol. The first kappa shape index (κ1) is 12.4. The fourth-order valence-electron chi connectivity index (χ4n) is 1.94. The van der Waals surface area contributed by atoms with Gasteiger partial charge in [0.25, 0.3) is 0 Å². The quantitative estimate of drug-likeness (QED) is 0.907. The Hall–Kier alpha value is -1.06. The van der Waals surface area contributed by atoms with Crippen LogP contribution in [0, 0.1) is 6.92 Å². The molecule has 0 aliphatic rings. The van der Waals surface area contributed by atoms with Crippen molar-refractivity contribution in [2.45, 2.75) is 33.2 Å². The summed E-state index contributed by atoms with van der Waals surface area (Å²) < 4.78 is 5.84.